The first kappa shape index (κ1) is 41.5. The minimum atomic E-state index is 0.166. The maximum atomic E-state index is 6.17. The highest BCUT2D eigenvalue weighted by atomic mass is 32.1. The van der Waals surface area contributed by atoms with Crippen LogP contribution in [0.1, 0.15) is 12.0 Å². The lowest BCUT2D eigenvalue weighted by Gasteiger charge is -2.33. The summed E-state index contributed by atoms with van der Waals surface area (Å²) in [5.74, 6) is 0. The van der Waals surface area contributed by atoms with Gasteiger partial charge in [-0.25, -0.2) is 0 Å². The Morgan fingerprint density at radius 3 is 1.46 bits per heavy atom. The Kier molecular flexibility index (Phi) is 10.5. The van der Waals surface area contributed by atoms with Crippen molar-refractivity contribution in [2.45, 2.75) is 12.5 Å². The average molecular weight is 915 g/mol. The van der Waals surface area contributed by atoms with Crippen LogP contribution < -0.4 is 9.80 Å². The molecule has 13 rings (SSSR count). The summed E-state index contributed by atoms with van der Waals surface area (Å²) >= 11 is 1.85. The first-order chi connectivity index (χ1) is 34.7. The van der Waals surface area contributed by atoms with Gasteiger partial charge in [0, 0.05) is 59.4 Å². The molecule has 1 aliphatic rings. The van der Waals surface area contributed by atoms with Crippen molar-refractivity contribution in [2.75, 3.05) is 9.80 Å². The van der Waals surface area contributed by atoms with Gasteiger partial charge in [0.15, 0.2) is 0 Å². The zero-order valence-electron chi connectivity index (χ0n) is 38.3. The van der Waals surface area contributed by atoms with Crippen LogP contribution in [0, 0.1) is 0 Å². The third-order valence-electron chi connectivity index (χ3n) is 13.8. The Balaban J connectivity index is 0.692. The third-order valence-corrected chi connectivity index (χ3v) is 15.0. The van der Waals surface area contributed by atoms with Gasteiger partial charge in [-0.1, -0.05) is 176 Å². The van der Waals surface area contributed by atoms with Gasteiger partial charge in [-0.15, -0.1) is 11.3 Å². The lowest BCUT2D eigenvalue weighted by Crippen LogP contribution is -2.30. The Morgan fingerprint density at radius 1 is 0.357 bits per heavy atom. The number of fused-ring (bicyclic) bond motifs is 6. The van der Waals surface area contributed by atoms with Gasteiger partial charge in [0.05, 0.1) is 6.04 Å². The molecule has 70 heavy (non-hydrogen) atoms. The van der Waals surface area contributed by atoms with Crippen LogP contribution in [0.4, 0.5) is 28.4 Å². The zero-order chi connectivity index (χ0) is 46.4. The fraction of sp³-hybridized carbons (Fsp3) is 0.0303. The lowest BCUT2D eigenvalue weighted by atomic mass is 9.93. The highest BCUT2D eigenvalue weighted by molar-refractivity contribution is 7.25. The second-order valence-corrected chi connectivity index (χ2v) is 19.1. The Bertz CT molecular complexity index is 3890. The molecule has 1 unspecified atom stereocenters. The van der Waals surface area contributed by atoms with E-state index in [4.69, 9.17) is 4.42 Å². The smallest absolute Gasteiger partial charge is 0.135 e. The van der Waals surface area contributed by atoms with E-state index in [-0.39, 0.29) is 6.04 Å². The van der Waals surface area contributed by atoms with Crippen molar-refractivity contribution in [1.29, 1.82) is 0 Å². The second kappa shape index (κ2) is 17.7. The largest absolute Gasteiger partial charge is 0.456 e. The molecule has 3 nitrogen and oxygen atoms in total. The van der Waals surface area contributed by atoms with Crippen molar-refractivity contribution in [2.24, 2.45) is 0 Å². The maximum absolute atomic E-state index is 6.17. The van der Waals surface area contributed by atoms with Crippen molar-refractivity contribution >= 4 is 87.5 Å². The molecule has 0 saturated carbocycles. The number of para-hydroxylation sites is 3. The summed E-state index contributed by atoms with van der Waals surface area (Å²) in [6.07, 6.45) is 7.91. The Hall–Kier alpha value is -8.70. The van der Waals surface area contributed by atoms with Crippen LogP contribution >= 0.6 is 11.3 Å². The molecule has 0 N–H and O–H groups in total. The van der Waals surface area contributed by atoms with Crippen LogP contribution in [-0.2, 0) is 0 Å². The Morgan fingerprint density at radius 2 is 0.829 bits per heavy atom. The van der Waals surface area contributed by atoms with E-state index in [0.717, 1.165) is 51.1 Å². The summed E-state index contributed by atoms with van der Waals surface area (Å²) in [5, 5.41) is 4.88. The summed E-state index contributed by atoms with van der Waals surface area (Å²) in [4.78, 5) is 4.80. The van der Waals surface area contributed by atoms with E-state index in [1.54, 1.807) is 0 Å². The third kappa shape index (κ3) is 7.75. The van der Waals surface area contributed by atoms with Crippen LogP contribution in [0.15, 0.2) is 265 Å². The highest BCUT2D eigenvalue weighted by Gasteiger charge is 2.22. The fourth-order valence-corrected chi connectivity index (χ4v) is 11.3. The SMILES string of the molecule is C1=CC(N(c2ccccc2)c2ccc3oc4ccccc4c3c2)CC=C1c1ccc(-c2ccc(-c3ccc(-c4ccc(N(c5ccccc5)c5ccc6sc7ccccc7c6c5)cc4)cc3)cc2)cc1. The van der Waals surface area contributed by atoms with Gasteiger partial charge < -0.3 is 14.2 Å². The molecule has 4 heteroatoms. The summed E-state index contributed by atoms with van der Waals surface area (Å²) in [5.41, 5.74) is 17.2. The van der Waals surface area contributed by atoms with E-state index in [1.807, 2.05) is 23.5 Å². The van der Waals surface area contributed by atoms with Crippen LogP contribution in [0.3, 0.4) is 0 Å². The number of thiophene rings is 1. The zero-order valence-corrected chi connectivity index (χ0v) is 39.1. The molecule has 0 fully saturated rings. The van der Waals surface area contributed by atoms with Gasteiger partial charge >= 0.3 is 0 Å². The molecular formula is C66H46N2OS. The van der Waals surface area contributed by atoms with Crippen LogP contribution in [-0.4, -0.2) is 6.04 Å². The van der Waals surface area contributed by atoms with Crippen molar-refractivity contribution < 1.29 is 4.42 Å². The number of anilines is 5. The molecule has 1 aliphatic carbocycles. The van der Waals surface area contributed by atoms with Gasteiger partial charge in [0.2, 0.25) is 0 Å². The van der Waals surface area contributed by atoms with Gasteiger partial charge in [-0.05, 0) is 136 Å². The van der Waals surface area contributed by atoms with Gasteiger partial charge in [-0.3, -0.25) is 0 Å². The normalized spacial score (nSPS) is 13.5. The quantitative estimate of drug-likeness (QED) is 0.136. The van der Waals surface area contributed by atoms with Crippen LogP contribution in [0.5, 0.6) is 0 Å². The van der Waals surface area contributed by atoms with Gasteiger partial charge in [0.1, 0.15) is 11.2 Å². The standard InChI is InChI=1S/C66H46N2OS/c1-3-11-53(12-4-1)67(57-39-41-64-61(43-57)59-15-7-9-17-63(59)69-64)55-35-31-51(32-36-55)49-27-23-47(24-28-49)45-19-21-46(22-20-45)48-25-29-50(30-26-48)52-33-37-56(38-34-52)68(54-13-5-2-6-14-54)58-40-42-66-62(44-58)60-16-8-10-18-65(60)70-66/h1-35,37-44,55H,36H2. The van der Waals surface area contributed by atoms with Gasteiger partial charge in [-0.2, -0.15) is 0 Å². The molecule has 12 aromatic rings. The second-order valence-electron chi connectivity index (χ2n) is 18.0. The topological polar surface area (TPSA) is 19.6 Å². The molecule has 10 aromatic carbocycles. The number of allylic oxidation sites excluding steroid dienone is 2. The molecule has 0 bridgehead atoms. The lowest BCUT2D eigenvalue weighted by molar-refractivity contribution is 0.669. The summed E-state index contributed by atoms with van der Waals surface area (Å²) in [6, 6.07) is 87.7. The van der Waals surface area contributed by atoms with Crippen molar-refractivity contribution in [3.8, 4) is 33.4 Å². The Labute approximate surface area is 411 Å². The first-order valence-corrected chi connectivity index (χ1v) is 24.8. The van der Waals surface area contributed by atoms with E-state index >= 15 is 0 Å². The summed E-state index contributed by atoms with van der Waals surface area (Å²) in [7, 11) is 0. The molecule has 0 spiro atoms. The van der Waals surface area contributed by atoms with Crippen LogP contribution in [0.2, 0.25) is 0 Å². The van der Waals surface area contributed by atoms with E-state index in [1.165, 1.54) is 70.4 Å². The predicted molar refractivity (Wildman–Crippen MR) is 298 cm³/mol. The molecular weight excluding hydrogens is 869 g/mol. The summed E-state index contributed by atoms with van der Waals surface area (Å²) in [6.45, 7) is 0. The molecule has 332 valence electrons. The minimum absolute atomic E-state index is 0.166. The molecule has 0 aliphatic heterocycles. The number of rotatable bonds is 10. The molecule has 2 heterocycles. The number of furan rings is 1. The van der Waals surface area contributed by atoms with Crippen molar-refractivity contribution in [3.05, 3.63) is 266 Å². The minimum Gasteiger partial charge on any atom is -0.456 e. The van der Waals surface area contributed by atoms with Crippen molar-refractivity contribution in [1.82, 2.24) is 0 Å². The van der Waals surface area contributed by atoms with E-state index in [2.05, 4.69) is 259 Å². The molecule has 1 atom stereocenters. The monoisotopic (exact) mass is 914 g/mol. The van der Waals surface area contributed by atoms with E-state index in [0.29, 0.717) is 0 Å². The first-order valence-electron chi connectivity index (χ1n) is 24.0. The van der Waals surface area contributed by atoms with Crippen LogP contribution in [0.25, 0.3) is 81.1 Å². The number of hydrogen-bond acceptors (Lipinski definition) is 4. The number of nitrogens with zero attached hydrogens (tertiary/aromatic N) is 2. The molecule has 2 aromatic heterocycles. The number of benzene rings is 10. The van der Waals surface area contributed by atoms with Gasteiger partial charge in [0.25, 0.3) is 0 Å². The van der Waals surface area contributed by atoms with E-state index in [9.17, 15) is 0 Å². The molecule has 0 amide bonds. The summed E-state index contributed by atoms with van der Waals surface area (Å²) < 4.78 is 8.80. The predicted octanol–water partition coefficient (Wildman–Crippen LogP) is 19.0. The highest BCUT2D eigenvalue weighted by Crippen LogP contribution is 2.42. The van der Waals surface area contributed by atoms with E-state index < -0.39 is 0 Å². The van der Waals surface area contributed by atoms with Crippen molar-refractivity contribution in [3.63, 3.8) is 0 Å². The molecule has 0 radical (unpaired) electrons. The fourth-order valence-electron chi connectivity index (χ4n) is 10.2. The number of hydrogen-bond donors (Lipinski definition) is 0. The maximum Gasteiger partial charge on any atom is 0.135 e. The molecule has 0 saturated heterocycles. The average Bonchev–Trinajstić information content (AvgIpc) is 4.00.